The zero-order chi connectivity index (χ0) is 27.5. The van der Waals surface area contributed by atoms with E-state index in [0.717, 1.165) is 5.56 Å². The van der Waals surface area contributed by atoms with Crippen LogP contribution in [0.5, 0.6) is 0 Å². The summed E-state index contributed by atoms with van der Waals surface area (Å²) in [4.78, 5) is 64.2. The summed E-state index contributed by atoms with van der Waals surface area (Å²) in [6.45, 7) is 11.2. The minimum absolute atomic E-state index is 0. The van der Waals surface area contributed by atoms with Crippen LogP contribution < -0.4 is 21.7 Å². The molecule has 0 spiro atoms. The predicted octanol–water partition coefficient (Wildman–Crippen LogP) is -0.217. The van der Waals surface area contributed by atoms with Gasteiger partial charge in [0.05, 0.1) is 6.54 Å². The van der Waals surface area contributed by atoms with E-state index >= 15 is 0 Å². The number of nitrogens with zero attached hydrogens (tertiary/aromatic N) is 1. The lowest BCUT2D eigenvalue weighted by Crippen LogP contribution is -2.81. The Morgan fingerprint density at radius 3 is 2.08 bits per heavy atom. The zero-order valence-electron chi connectivity index (χ0n) is 22.4. The molecule has 0 saturated carbocycles. The fourth-order valence-electron chi connectivity index (χ4n) is 3.70. The van der Waals surface area contributed by atoms with Crippen LogP contribution in [0.2, 0.25) is 0 Å². The minimum atomic E-state index is -1.32. The molecule has 1 fully saturated rings. The second kappa shape index (κ2) is 11.6. The first kappa shape index (κ1) is 31.4. The molecular weight excluding hydrogens is 482 g/mol. The predicted molar refractivity (Wildman–Crippen MR) is 136 cm³/mol. The van der Waals surface area contributed by atoms with Crippen LogP contribution in [0, 0.1) is 0 Å². The normalized spacial score (nSPS) is 18.9. The third-order valence-electron chi connectivity index (χ3n) is 5.93. The Morgan fingerprint density at radius 1 is 1.03 bits per heavy atom. The van der Waals surface area contributed by atoms with Gasteiger partial charge in [0.15, 0.2) is 0 Å². The first-order valence-corrected chi connectivity index (χ1v) is 11.8. The van der Waals surface area contributed by atoms with Crippen LogP contribution in [0.15, 0.2) is 30.3 Å². The molecule has 0 radical (unpaired) electrons. The number of β-lactam (4-membered cyclic amide) rings is 1. The van der Waals surface area contributed by atoms with E-state index in [-0.39, 0.29) is 18.4 Å². The lowest BCUT2D eigenvalue weighted by Gasteiger charge is -2.55. The zero-order valence-corrected chi connectivity index (χ0v) is 22.4. The van der Waals surface area contributed by atoms with Crippen molar-refractivity contribution in [2.75, 3.05) is 6.54 Å². The molecule has 0 aliphatic carbocycles. The van der Waals surface area contributed by atoms with Gasteiger partial charge in [0.1, 0.15) is 28.8 Å². The van der Waals surface area contributed by atoms with Crippen LogP contribution >= 0.6 is 0 Å². The number of rotatable bonds is 9. The van der Waals surface area contributed by atoms with Crippen LogP contribution in [-0.4, -0.2) is 75.4 Å². The molecule has 1 saturated heterocycles. The van der Waals surface area contributed by atoms with Crippen LogP contribution in [0.25, 0.3) is 0 Å². The van der Waals surface area contributed by atoms with Crippen LogP contribution in [0.3, 0.4) is 0 Å². The van der Waals surface area contributed by atoms with Gasteiger partial charge in [-0.15, -0.1) is 0 Å². The molecule has 0 unspecified atom stereocenters. The lowest BCUT2D eigenvalue weighted by atomic mass is 9.78. The first-order valence-electron chi connectivity index (χ1n) is 11.8. The maximum Gasteiger partial charge on any atom is 0.408 e. The molecule has 0 bridgehead atoms. The van der Waals surface area contributed by atoms with Crippen molar-refractivity contribution in [3.8, 4) is 0 Å². The molecule has 12 nitrogen and oxygen atoms in total. The summed E-state index contributed by atoms with van der Waals surface area (Å²) < 4.78 is 5.20. The van der Waals surface area contributed by atoms with Gasteiger partial charge in [-0.2, -0.15) is 0 Å². The Balaban J connectivity index is 0.00000684. The minimum Gasteiger partial charge on any atom is -0.444 e. The largest absolute Gasteiger partial charge is 0.444 e. The number of hydrogen-bond acceptors (Lipinski definition) is 6. The summed E-state index contributed by atoms with van der Waals surface area (Å²) >= 11 is 0. The highest BCUT2D eigenvalue weighted by Crippen LogP contribution is 2.34. The number of nitrogens with two attached hydrogens (primary N) is 1. The molecule has 2 rings (SSSR count). The molecule has 0 aromatic heterocycles. The molecule has 1 aromatic rings. The van der Waals surface area contributed by atoms with Gasteiger partial charge in [0, 0.05) is 6.42 Å². The number of carbonyl (C=O) groups is 5. The van der Waals surface area contributed by atoms with Gasteiger partial charge in [-0.05, 0) is 54.0 Å². The number of hydrogen-bond donors (Lipinski definition) is 4. The van der Waals surface area contributed by atoms with E-state index in [1.54, 1.807) is 34.6 Å². The van der Waals surface area contributed by atoms with Gasteiger partial charge in [0.25, 0.3) is 5.91 Å². The van der Waals surface area contributed by atoms with E-state index in [0.29, 0.717) is 0 Å². The van der Waals surface area contributed by atoms with Crippen LogP contribution in [-0.2, 0) is 30.3 Å². The molecule has 1 aromatic carbocycles. The second-order valence-electron chi connectivity index (χ2n) is 10.6. The molecule has 1 aliphatic rings. The van der Waals surface area contributed by atoms with Crippen molar-refractivity contribution in [3.05, 3.63) is 35.9 Å². The summed E-state index contributed by atoms with van der Waals surface area (Å²) in [6, 6.07) is 7.24. The van der Waals surface area contributed by atoms with Gasteiger partial charge < -0.3 is 36.8 Å². The van der Waals surface area contributed by atoms with E-state index in [4.69, 9.17) is 10.5 Å². The van der Waals surface area contributed by atoms with Crippen LogP contribution in [0.1, 0.15) is 54.0 Å². The Hall–Kier alpha value is -3.67. The number of primary amides is 1. The van der Waals surface area contributed by atoms with Crippen molar-refractivity contribution >= 4 is 29.7 Å². The molecule has 12 heteroatoms. The van der Waals surface area contributed by atoms with E-state index < -0.39 is 58.5 Å². The molecular formula is C25H39N5O7. The monoisotopic (exact) mass is 521 g/mol. The number of likely N-dealkylation sites (tertiary alicyclic amines) is 1. The van der Waals surface area contributed by atoms with E-state index in [1.807, 2.05) is 30.3 Å². The van der Waals surface area contributed by atoms with Gasteiger partial charge in [-0.25, -0.2) is 4.79 Å². The fraction of sp³-hybridized carbons (Fsp3) is 0.560. The molecule has 206 valence electrons. The molecule has 7 N–H and O–H groups in total. The maximum absolute atomic E-state index is 13.6. The highest BCUT2D eigenvalue weighted by Gasteiger charge is 2.59. The van der Waals surface area contributed by atoms with Crippen molar-refractivity contribution in [1.82, 2.24) is 20.9 Å². The number of carbonyl (C=O) groups excluding carboxylic acids is 5. The number of amides is 5. The average Bonchev–Trinajstić information content (AvgIpc) is 2.75. The van der Waals surface area contributed by atoms with E-state index in [9.17, 15) is 24.0 Å². The van der Waals surface area contributed by atoms with Crippen molar-refractivity contribution in [2.24, 2.45) is 5.73 Å². The Morgan fingerprint density at radius 2 is 1.59 bits per heavy atom. The Kier molecular flexibility index (Phi) is 9.82. The number of benzene rings is 1. The van der Waals surface area contributed by atoms with Gasteiger partial charge >= 0.3 is 6.09 Å². The molecule has 37 heavy (non-hydrogen) atoms. The van der Waals surface area contributed by atoms with Crippen molar-refractivity contribution in [3.63, 3.8) is 0 Å². The topological polar surface area (TPSA) is 191 Å². The standard InChI is InChI=1S/C25H37N5O6.H2O/c1-15(18(26)31)27-20(33)24(6,7)30-14-25(21(30)34,13-17-11-9-8-10-12-17)29-19(32)16(2)28-22(35)36-23(3,4)5;/h8-12,15-16H,13-14H2,1-7H3,(H2,26,31)(H,27,33)(H,28,35)(H,29,32);1H2/t15-,16+,25-;/m1./s1. The first-order chi connectivity index (χ1) is 16.5. The molecule has 1 heterocycles. The highest BCUT2D eigenvalue weighted by atomic mass is 16.6. The van der Waals surface area contributed by atoms with Gasteiger partial charge in [-0.1, -0.05) is 30.3 Å². The summed E-state index contributed by atoms with van der Waals surface area (Å²) in [7, 11) is 0. The fourth-order valence-corrected chi connectivity index (χ4v) is 3.70. The number of ether oxygens (including phenoxy) is 1. The summed E-state index contributed by atoms with van der Waals surface area (Å²) in [5.74, 6) is -2.29. The number of nitrogens with one attached hydrogen (secondary N) is 3. The van der Waals surface area contributed by atoms with Crippen LogP contribution in [0.4, 0.5) is 4.79 Å². The van der Waals surface area contributed by atoms with E-state index in [2.05, 4.69) is 16.0 Å². The second-order valence-corrected chi connectivity index (χ2v) is 10.6. The van der Waals surface area contributed by atoms with Crippen molar-refractivity contribution in [1.29, 1.82) is 0 Å². The Bertz CT molecular complexity index is 1020. The third kappa shape index (κ3) is 7.66. The summed E-state index contributed by atoms with van der Waals surface area (Å²) in [5.41, 5.74) is 2.67. The Labute approximate surface area is 217 Å². The maximum atomic E-state index is 13.6. The van der Waals surface area contributed by atoms with Crippen molar-refractivity contribution in [2.45, 2.75) is 83.6 Å². The molecule has 1 aliphatic heterocycles. The lowest BCUT2D eigenvalue weighted by molar-refractivity contribution is -0.169. The smallest absolute Gasteiger partial charge is 0.408 e. The number of alkyl carbamates (subject to hydrolysis) is 1. The molecule has 3 atom stereocenters. The van der Waals surface area contributed by atoms with Gasteiger partial charge in [0.2, 0.25) is 17.7 Å². The SMILES string of the molecule is C[C@H](NC(=O)OC(C)(C)C)C(=O)N[C@]1(Cc2ccccc2)CN(C(C)(C)C(=O)N[C@H](C)C(N)=O)C1=O.O. The van der Waals surface area contributed by atoms with Crippen molar-refractivity contribution < 1.29 is 34.2 Å². The highest BCUT2D eigenvalue weighted by molar-refractivity contribution is 6.02. The van der Waals surface area contributed by atoms with Gasteiger partial charge in [-0.3, -0.25) is 19.2 Å². The quantitative estimate of drug-likeness (QED) is 0.325. The average molecular weight is 522 g/mol. The molecule has 5 amide bonds. The van der Waals surface area contributed by atoms with E-state index in [1.165, 1.54) is 18.7 Å². The summed E-state index contributed by atoms with van der Waals surface area (Å²) in [5, 5.41) is 7.77. The third-order valence-corrected chi connectivity index (χ3v) is 5.93. The summed E-state index contributed by atoms with van der Waals surface area (Å²) in [6.07, 6.45) is -0.575.